The van der Waals surface area contributed by atoms with Gasteiger partial charge in [0.1, 0.15) is 5.75 Å². The van der Waals surface area contributed by atoms with Gasteiger partial charge in [-0.1, -0.05) is 6.07 Å². The van der Waals surface area contributed by atoms with E-state index in [1.807, 2.05) is 0 Å². The Bertz CT molecular complexity index is 599. The Morgan fingerprint density at radius 3 is 2.57 bits per heavy atom. The highest BCUT2D eigenvalue weighted by molar-refractivity contribution is 5.96. The molecule has 6 nitrogen and oxygen atoms in total. The van der Waals surface area contributed by atoms with Crippen LogP contribution in [-0.2, 0) is 0 Å². The largest absolute Gasteiger partial charge is 0.497 e. The third-order valence-corrected chi connectivity index (χ3v) is 2.97. The molecule has 2 aromatic rings. The summed E-state index contributed by atoms with van der Waals surface area (Å²) in [7, 11) is 1.57. The van der Waals surface area contributed by atoms with E-state index in [0.717, 1.165) is 0 Å². The number of pyridine rings is 1. The van der Waals surface area contributed by atoms with Gasteiger partial charge < -0.3 is 4.74 Å². The van der Waals surface area contributed by atoms with Crippen molar-refractivity contribution < 1.29 is 9.53 Å². The van der Waals surface area contributed by atoms with Crippen molar-refractivity contribution >= 4 is 11.6 Å². The van der Waals surface area contributed by atoms with Crippen LogP contribution < -0.4 is 9.75 Å². The van der Waals surface area contributed by atoms with Crippen LogP contribution in [0.15, 0.2) is 53.9 Å². The minimum atomic E-state index is -0.0674. The lowest BCUT2D eigenvalue weighted by Crippen LogP contribution is -2.20. The van der Waals surface area contributed by atoms with Gasteiger partial charge in [0.25, 0.3) is 0 Å². The van der Waals surface area contributed by atoms with Crippen LogP contribution in [-0.4, -0.2) is 24.4 Å². The minimum Gasteiger partial charge on any atom is -0.497 e. The molecule has 21 heavy (non-hydrogen) atoms. The molecule has 1 heterocycles. The fourth-order valence-electron chi connectivity index (χ4n) is 1.83. The van der Waals surface area contributed by atoms with E-state index in [1.165, 1.54) is 5.01 Å². The van der Waals surface area contributed by atoms with E-state index < -0.39 is 0 Å². The molecule has 0 bridgehead atoms. The molecule has 0 fully saturated rings. The van der Waals surface area contributed by atoms with Gasteiger partial charge in [0, 0.05) is 18.2 Å². The Hall–Kier alpha value is -2.76. The van der Waals surface area contributed by atoms with E-state index in [1.54, 1.807) is 55.8 Å². The number of Topliss-reactive ketones (excluding diaryl/α,β-unsaturated/α-hetero) is 1. The minimum absolute atomic E-state index is 0.0674. The number of benzene rings is 1. The smallest absolute Gasteiger partial charge is 0.164 e. The summed E-state index contributed by atoms with van der Waals surface area (Å²) < 4.78 is 5.04. The number of aromatic nitrogens is 1. The second-order valence-corrected chi connectivity index (χ2v) is 4.29. The number of nitroso groups, excluding NO2 is 1. The average molecular weight is 285 g/mol. The summed E-state index contributed by atoms with van der Waals surface area (Å²) in [5.74, 6) is 1.05. The Morgan fingerprint density at radius 2 is 2.00 bits per heavy atom. The average Bonchev–Trinajstić information content (AvgIpc) is 2.56. The summed E-state index contributed by atoms with van der Waals surface area (Å²) in [5, 5.41) is 4.07. The second kappa shape index (κ2) is 7.14. The summed E-state index contributed by atoms with van der Waals surface area (Å²) in [6, 6.07) is 12.0. The molecule has 0 aliphatic carbocycles. The van der Waals surface area contributed by atoms with Crippen molar-refractivity contribution in [3.05, 3.63) is 59.1 Å². The predicted octanol–water partition coefficient (Wildman–Crippen LogP) is 2.85. The van der Waals surface area contributed by atoms with E-state index >= 15 is 0 Å². The molecule has 1 aromatic heterocycles. The molecule has 0 unspecified atom stereocenters. The van der Waals surface area contributed by atoms with Crippen LogP contribution in [0.4, 0.5) is 5.82 Å². The van der Waals surface area contributed by atoms with Gasteiger partial charge >= 0.3 is 0 Å². The number of nitrogens with zero attached hydrogens (tertiary/aromatic N) is 3. The highest BCUT2D eigenvalue weighted by atomic mass is 16.5. The molecule has 0 N–H and O–H groups in total. The Kier molecular flexibility index (Phi) is 4.98. The number of carbonyl (C=O) groups is 1. The zero-order valence-corrected chi connectivity index (χ0v) is 11.6. The molecular formula is C15H15N3O3. The zero-order valence-electron chi connectivity index (χ0n) is 11.6. The van der Waals surface area contributed by atoms with Crippen molar-refractivity contribution in [2.75, 3.05) is 18.7 Å². The normalized spacial score (nSPS) is 9.95. The van der Waals surface area contributed by atoms with Crippen LogP contribution >= 0.6 is 0 Å². The lowest BCUT2D eigenvalue weighted by Gasteiger charge is -2.13. The summed E-state index contributed by atoms with van der Waals surface area (Å²) in [4.78, 5) is 26.9. The number of anilines is 1. The van der Waals surface area contributed by atoms with Crippen LogP contribution in [0, 0.1) is 4.91 Å². The van der Waals surface area contributed by atoms with Crippen LogP contribution in [0.3, 0.4) is 0 Å². The maximum Gasteiger partial charge on any atom is 0.164 e. The number of carbonyl (C=O) groups excluding carboxylic acids is 1. The van der Waals surface area contributed by atoms with E-state index in [2.05, 4.69) is 10.3 Å². The molecule has 0 spiro atoms. The number of hydrogen-bond acceptors (Lipinski definition) is 5. The second-order valence-electron chi connectivity index (χ2n) is 4.29. The van der Waals surface area contributed by atoms with Crippen LogP contribution in [0.25, 0.3) is 0 Å². The van der Waals surface area contributed by atoms with Crippen molar-refractivity contribution in [2.45, 2.75) is 6.42 Å². The Morgan fingerprint density at radius 1 is 1.24 bits per heavy atom. The molecule has 0 atom stereocenters. The molecule has 0 saturated heterocycles. The number of rotatable bonds is 7. The number of ether oxygens (including phenoxy) is 1. The molecule has 0 amide bonds. The van der Waals surface area contributed by atoms with Crippen molar-refractivity contribution in [1.82, 2.24) is 4.98 Å². The Balaban J connectivity index is 1.97. The highest BCUT2D eigenvalue weighted by Gasteiger charge is 2.12. The van der Waals surface area contributed by atoms with Crippen LogP contribution in [0.1, 0.15) is 16.8 Å². The van der Waals surface area contributed by atoms with E-state index in [4.69, 9.17) is 4.74 Å². The lowest BCUT2D eigenvalue weighted by molar-refractivity contribution is 0.0984. The van der Waals surface area contributed by atoms with Crippen molar-refractivity contribution in [3.63, 3.8) is 0 Å². The van der Waals surface area contributed by atoms with Gasteiger partial charge in [-0.3, -0.25) is 4.79 Å². The molecule has 0 aliphatic heterocycles. The first-order chi connectivity index (χ1) is 10.2. The topological polar surface area (TPSA) is 71.9 Å². The number of methoxy groups -OCH3 is 1. The summed E-state index contributed by atoms with van der Waals surface area (Å²) in [5.41, 5.74) is 0.572. The van der Waals surface area contributed by atoms with Gasteiger partial charge in [-0.25, -0.2) is 9.99 Å². The van der Waals surface area contributed by atoms with Gasteiger partial charge in [0.15, 0.2) is 11.6 Å². The van der Waals surface area contributed by atoms with Gasteiger partial charge in [-0.15, -0.1) is 4.91 Å². The van der Waals surface area contributed by atoms with Crippen molar-refractivity contribution in [2.24, 2.45) is 5.29 Å². The third-order valence-electron chi connectivity index (χ3n) is 2.97. The highest BCUT2D eigenvalue weighted by Crippen LogP contribution is 2.14. The van der Waals surface area contributed by atoms with Crippen molar-refractivity contribution in [1.29, 1.82) is 0 Å². The number of ketones is 1. The standard InChI is InChI=1S/C15H15N3O3/c1-21-13-7-5-12(6-8-13)14(19)9-11-18(17-20)15-4-2-3-10-16-15/h2-8,10H,9,11H2,1H3. The third kappa shape index (κ3) is 3.85. The predicted molar refractivity (Wildman–Crippen MR) is 79.3 cm³/mol. The summed E-state index contributed by atoms with van der Waals surface area (Å²) in [6.45, 7) is 0.186. The molecule has 0 saturated carbocycles. The fraction of sp³-hybridized carbons (Fsp3) is 0.200. The van der Waals surface area contributed by atoms with Gasteiger partial charge in [-0.05, 0) is 36.4 Å². The Labute approximate surface area is 122 Å². The monoisotopic (exact) mass is 285 g/mol. The van der Waals surface area contributed by atoms with Crippen LogP contribution in [0.5, 0.6) is 5.75 Å². The zero-order chi connectivity index (χ0) is 15.1. The molecule has 0 radical (unpaired) electrons. The van der Waals surface area contributed by atoms with Crippen molar-refractivity contribution in [3.8, 4) is 5.75 Å². The lowest BCUT2D eigenvalue weighted by atomic mass is 10.1. The first-order valence-corrected chi connectivity index (χ1v) is 6.43. The van der Waals surface area contributed by atoms with E-state index in [9.17, 15) is 9.70 Å². The fourth-order valence-corrected chi connectivity index (χ4v) is 1.83. The molecule has 2 rings (SSSR count). The van der Waals surface area contributed by atoms with Gasteiger partial charge in [-0.2, -0.15) is 0 Å². The SMILES string of the molecule is COc1ccc(C(=O)CCN(N=O)c2ccccn2)cc1. The molecule has 108 valence electrons. The van der Waals surface area contributed by atoms with E-state index in [0.29, 0.717) is 17.1 Å². The van der Waals surface area contributed by atoms with E-state index in [-0.39, 0.29) is 18.7 Å². The molecule has 6 heteroatoms. The maximum absolute atomic E-state index is 12.1. The molecule has 0 aliphatic rings. The van der Waals surface area contributed by atoms with Gasteiger partial charge in [0.05, 0.1) is 18.9 Å². The first kappa shape index (κ1) is 14.6. The van der Waals surface area contributed by atoms with Crippen LogP contribution in [0.2, 0.25) is 0 Å². The maximum atomic E-state index is 12.1. The molecule has 1 aromatic carbocycles. The number of hydrogen-bond donors (Lipinski definition) is 0. The summed E-state index contributed by atoms with van der Waals surface area (Å²) >= 11 is 0. The first-order valence-electron chi connectivity index (χ1n) is 6.43. The summed E-state index contributed by atoms with van der Waals surface area (Å²) in [6.07, 6.45) is 1.74. The quantitative estimate of drug-likeness (QED) is 0.444. The molecular weight excluding hydrogens is 270 g/mol. The van der Waals surface area contributed by atoms with Gasteiger partial charge in [0.2, 0.25) is 0 Å².